The molecule has 4 rings (SSSR count). The molecule has 0 radical (unpaired) electrons. The number of methoxy groups -OCH3 is 2. The zero-order chi connectivity index (χ0) is 24.1. The molecule has 0 fully saturated rings. The zero-order valence-electron chi connectivity index (χ0n) is 18.9. The topological polar surface area (TPSA) is 103 Å². The quantitative estimate of drug-likeness (QED) is 0.352. The Labute approximate surface area is 200 Å². The van der Waals surface area contributed by atoms with Crippen molar-refractivity contribution >= 4 is 35.0 Å². The van der Waals surface area contributed by atoms with Crippen molar-refractivity contribution in [3.63, 3.8) is 0 Å². The molecular formula is C25H23N3O5S. The van der Waals surface area contributed by atoms with Gasteiger partial charge in [0.15, 0.2) is 17.1 Å². The minimum atomic E-state index is -0.639. The van der Waals surface area contributed by atoms with E-state index in [1.165, 1.54) is 25.8 Å². The second kappa shape index (κ2) is 10.3. The van der Waals surface area contributed by atoms with Crippen molar-refractivity contribution in [1.82, 2.24) is 15.0 Å². The van der Waals surface area contributed by atoms with Crippen LogP contribution in [0, 0.1) is 0 Å². The molecule has 174 valence electrons. The number of ether oxygens (including phenoxy) is 2. The van der Waals surface area contributed by atoms with E-state index in [1.54, 1.807) is 12.1 Å². The lowest BCUT2D eigenvalue weighted by atomic mass is 10.1. The van der Waals surface area contributed by atoms with E-state index in [2.05, 4.69) is 21.9 Å². The number of fused-ring (bicyclic) bond motifs is 1. The van der Waals surface area contributed by atoms with Crippen molar-refractivity contribution in [2.24, 2.45) is 0 Å². The van der Waals surface area contributed by atoms with Crippen LogP contribution >= 0.6 is 11.9 Å². The molecule has 0 bridgehead atoms. The number of oxazole rings is 1. The first-order chi connectivity index (χ1) is 16.5. The van der Waals surface area contributed by atoms with Crippen LogP contribution < -0.4 is 19.5 Å². The average Bonchev–Trinajstić information content (AvgIpc) is 3.30. The molecule has 0 saturated carbocycles. The molecule has 0 aliphatic carbocycles. The summed E-state index contributed by atoms with van der Waals surface area (Å²) in [5, 5.41) is 2.29. The van der Waals surface area contributed by atoms with Crippen LogP contribution in [0.4, 0.5) is 4.79 Å². The number of hydrogen-bond donors (Lipinski definition) is 2. The summed E-state index contributed by atoms with van der Waals surface area (Å²) in [7, 11) is 2.98. The lowest BCUT2D eigenvalue weighted by molar-refractivity contribution is 0.0965. The number of nitrogens with zero attached hydrogens (tertiary/aromatic N) is 1. The Morgan fingerprint density at radius 3 is 2.44 bits per heavy atom. The SMILES string of the molecule is CCc1ccc2oc(-c3ccc(SNC(=O)NC(=O)c4ccc(OC)c(OC)c4)cc3)nc2c1. The van der Waals surface area contributed by atoms with Gasteiger partial charge in [-0.25, -0.2) is 9.78 Å². The predicted molar refractivity (Wildman–Crippen MR) is 130 cm³/mol. The van der Waals surface area contributed by atoms with E-state index in [0.29, 0.717) is 17.4 Å². The molecule has 0 spiro atoms. The Morgan fingerprint density at radius 2 is 1.74 bits per heavy atom. The number of rotatable bonds is 7. The number of aromatic nitrogens is 1. The molecule has 3 aromatic carbocycles. The highest BCUT2D eigenvalue weighted by atomic mass is 32.2. The van der Waals surface area contributed by atoms with Crippen LogP contribution in [0.3, 0.4) is 0 Å². The standard InChI is InChI=1S/C25H23N3O5S/c1-4-15-5-11-20-19(13-15)26-24(33-20)16-6-9-18(10-7-16)34-28-25(30)27-23(29)17-8-12-21(31-2)22(14-17)32-3/h5-14H,4H2,1-3H3,(H2,27,28,29,30). The number of carbonyl (C=O) groups is 2. The van der Waals surface area contributed by atoms with Gasteiger partial charge in [-0.2, -0.15) is 0 Å². The van der Waals surface area contributed by atoms with E-state index in [-0.39, 0.29) is 5.56 Å². The van der Waals surface area contributed by atoms with Crippen molar-refractivity contribution in [3.8, 4) is 23.0 Å². The van der Waals surface area contributed by atoms with Crippen LogP contribution in [0.15, 0.2) is 70.0 Å². The summed E-state index contributed by atoms with van der Waals surface area (Å²) in [5.74, 6) is 0.864. The summed E-state index contributed by atoms with van der Waals surface area (Å²) in [6.07, 6.45) is 0.935. The van der Waals surface area contributed by atoms with Crippen LogP contribution in [0.25, 0.3) is 22.6 Å². The summed E-state index contributed by atoms with van der Waals surface area (Å²) >= 11 is 1.08. The van der Waals surface area contributed by atoms with Gasteiger partial charge in [0.25, 0.3) is 5.91 Å². The first kappa shape index (κ1) is 23.2. The van der Waals surface area contributed by atoms with Gasteiger partial charge in [0.05, 0.1) is 14.2 Å². The third-order valence-electron chi connectivity index (χ3n) is 5.10. The first-order valence-corrected chi connectivity index (χ1v) is 11.3. The lowest BCUT2D eigenvalue weighted by Crippen LogP contribution is -2.36. The van der Waals surface area contributed by atoms with Crippen molar-refractivity contribution in [2.75, 3.05) is 14.2 Å². The van der Waals surface area contributed by atoms with Crippen molar-refractivity contribution < 1.29 is 23.5 Å². The number of aryl methyl sites for hydroxylation is 1. The van der Waals surface area contributed by atoms with Crippen LogP contribution in [-0.4, -0.2) is 31.1 Å². The van der Waals surface area contributed by atoms with Crippen LogP contribution in [0.5, 0.6) is 11.5 Å². The third-order valence-corrected chi connectivity index (χ3v) is 5.89. The van der Waals surface area contributed by atoms with Crippen LogP contribution in [0.2, 0.25) is 0 Å². The maximum absolute atomic E-state index is 12.4. The van der Waals surface area contributed by atoms with Gasteiger partial charge in [-0.1, -0.05) is 13.0 Å². The predicted octanol–water partition coefficient (Wildman–Crippen LogP) is 5.22. The van der Waals surface area contributed by atoms with Crippen molar-refractivity contribution in [1.29, 1.82) is 0 Å². The number of imide groups is 1. The average molecular weight is 478 g/mol. The second-order valence-corrected chi connectivity index (χ2v) is 8.14. The van der Waals surface area contributed by atoms with E-state index >= 15 is 0 Å². The Hall–Kier alpha value is -3.98. The number of amides is 3. The lowest BCUT2D eigenvalue weighted by Gasteiger charge is -2.10. The largest absolute Gasteiger partial charge is 0.493 e. The molecule has 0 unspecified atom stereocenters. The molecule has 2 N–H and O–H groups in total. The fourth-order valence-corrected chi connectivity index (χ4v) is 3.80. The molecule has 0 saturated heterocycles. The second-order valence-electron chi connectivity index (χ2n) is 7.26. The molecule has 3 amide bonds. The Balaban J connectivity index is 1.35. The molecule has 9 heteroatoms. The van der Waals surface area contributed by atoms with Crippen LogP contribution in [-0.2, 0) is 6.42 Å². The van der Waals surface area contributed by atoms with Crippen LogP contribution in [0.1, 0.15) is 22.8 Å². The zero-order valence-corrected chi connectivity index (χ0v) is 19.7. The van der Waals surface area contributed by atoms with Gasteiger partial charge in [-0.15, -0.1) is 0 Å². The maximum Gasteiger partial charge on any atom is 0.331 e. The molecule has 0 atom stereocenters. The van der Waals surface area contributed by atoms with Gasteiger partial charge < -0.3 is 13.9 Å². The van der Waals surface area contributed by atoms with Crippen molar-refractivity contribution in [3.05, 3.63) is 71.8 Å². The molecular weight excluding hydrogens is 454 g/mol. The fraction of sp³-hybridized carbons (Fsp3) is 0.160. The van der Waals surface area contributed by atoms with Gasteiger partial charge in [0.1, 0.15) is 5.52 Å². The molecule has 0 aliphatic rings. The highest BCUT2D eigenvalue weighted by Crippen LogP contribution is 2.28. The molecule has 8 nitrogen and oxygen atoms in total. The summed E-state index contributed by atoms with van der Waals surface area (Å²) in [5.41, 5.74) is 3.86. The van der Waals surface area contributed by atoms with Gasteiger partial charge in [-0.3, -0.25) is 14.8 Å². The number of urea groups is 1. The van der Waals surface area contributed by atoms with Gasteiger partial charge in [0.2, 0.25) is 5.89 Å². The fourth-order valence-electron chi connectivity index (χ4n) is 3.27. The minimum Gasteiger partial charge on any atom is -0.493 e. The third kappa shape index (κ3) is 5.15. The Morgan fingerprint density at radius 1 is 0.971 bits per heavy atom. The molecule has 34 heavy (non-hydrogen) atoms. The highest BCUT2D eigenvalue weighted by molar-refractivity contribution is 7.98. The van der Waals surface area contributed by atoms with E-state index in [1.807, 2.05) is 42.5 Å². The van der Waals surface area contributed by atoms with Crippen molar-refractivity contribution in [2.45, 2.75) is 18.2 Å². The van der Waals surface area contributed by atoms with E-state index in [0.717, 1.165) is 39.9 Å². The Kier molecular flexibility index (Phi) is 7.03. The van der Waals surface area contributed by atoms with E-state index in [4.69, 9.17) is 13.9 Å². The van der Waals surface area contributed by atoms with Gasteiger partial charge >= 0.3 is 6.03 Å². The normalized spacial score (nSPS) is 10.7. The number of carbonyl (C=O) groups excluding carboxylic acids is 2. The summed E-state index contributed by atoms with van der Waals surface area (Å²) in [6, 6.07) is 17.4. The number of hydrogen-bond acceptors (Lipinski definition) is 7. The van der Waals surface area contributed by atoms with E-state index < -0.39 is 11.9 Å². The first-order valence-electron chi connectivity index (χ1n) is 10.5. The minimum absolute atomic E-state index is 0.270. The number of benzene rings is 3. The summed E-state index contributed by atoms with van der Waals surface area (Å²) < 4.78 is 18.8. The highest BCUT2D eigenvalue weighted by Gasteiger charge is 2.14. The molecule has 0 aliphatic heterocycles. The van der Waals surface area contributed by atoms with E-state index in [9.17, 15) is 9.59 Å². The summed E-state index contributed by atoms with van der Waals surface area (Å²) in [6.45, 7) is 2.10. The molecule has 1 heterocycles. The Bertz CT molecular complexity index is 1330. The van der Waals surface area contributed by atoms with Gasteiger partial charge in [-0.05, 0) is 78.5 Å². The number of nitrogens with one attached hydrogen (secondary N) is 2. The summed E-state index contributed by atoms with van der Waals surface area (Å²) in [4.78, 5) is 29.9. The monoisotopic (exact) mass is 477 g/mol. The molecule has 4 aromatic rings. The van der Waals surface area contributed by atoms with Gasteiger partial charge in [0, 0.05) is 16.0 Å². The smallest absolute Gasteiger partial charge is 0.331 e. The maximum atomic E-state index is 12.4. The molecule has 1 aromatic heterocycles.